The molecule has 1 aromatic heterocycles. The van der Waals surface area contributed by atoms with Crippen LogP contribution >= 0.6 is 0 Å². The summed E-state index contributed by atoms with van der Waals surface area (Å²) in [7, 11) is 1.42. The molecule has 0 fully saturated rings. The predicted octanol–water partition coefficient (Wildman–Crippen LogP) is 2.32. The van der Waals surface area contributed by atoms with Crippen LogP contribution in [0.1, 0.15) is 46.3 Å². The highest BCUT2D eigenvalue weighted by Gasteiger charge is 2.37. The lowest BCUT2D eigenvalue weighted by Crippen LogP contribution is -2.24. The average molecular weight is 467 g/mol. The summed E-state index contributed by atoms with van der Waals surface area (Å²) in [5, 5.41) is 11.0. The Bertz CT molecular complexity index is 1420. The molecule has 0 spiro atoms. The zero-order valence-electron chi connectivity index (χ0n) is 18.6. The van der Waals surface area contributed by atoms with Crippen LogP contribution in [0.4, 0.5) is 0 Å². The molecule has 0 bridgehead atoms. The van der Waals surface area contributed by atoms with E-state index in [1.807, 2.05) is 0 Å². The first kappa shape index (κ1) is 22.8. The number of fused-ring (bicyclic) bond motifs is 3. The number of hydrogen-bond acceptors (Lipinski definition) is 9. The van der Waals surface area contributed by atoms with Gasteiger partial charge in [-0.2, -0.15) is 0 Å². The third-order valence-corrected chi connectivity index (χ3v) is 5.60. The zero-order valence-corrected chi connectivity index (χ0v) is 18.6. The van der Waals surface area contributed by atoms with Gasteiger partial charge in [0.2, 0.25) is 0 Å². The zero-order chi connectivity index (χ0) is 24.7. The van der Waals surface area contributed by atoms with E-state index >= 15 is 0 Å². The second kappa shape index (κ2) is 8.54. The number of rotatable bonds is 6. The fraction of sp³-hybridized carbons (Fsp3) is 0.250. The third-order valence-electron chi connectivity index (χ3n) is 5.60. The van der Waals surface area contributed by atoms with Crippen molar-refractivity contribution in [2.75, 3.05) is 13.7 Å². The molecule has 10 nitrogen and oxygen atoms in total. The summed E-state index contributed by atoms with van der Waals surface area (Å²) in [6, 6.07) is 6.02. The van der Waals surface area contributed by atoms with E-state index in [4.69, 9.17) is 24.4 Å². The maximum Gasteiger partial charge on any atom is 0.336 e. The number of esters is 1. The number of ether oxygens (including phenoxy) is 3. The molecule has 0 radical (unpaired) electrons. The summed E-state index contributed by atoms with van der Waals surface area (Å²) in [5.74, 6) is -2.68. The topological polar surface area (TPSA) is 155 Å². The van der Waals surface area contributed by atoms with E-state index in [1.165, 1.54) is 20.1 Å². The molecule has 3 N–H and O–H groups in total. The van der Waals surface area contributed by atoms with Gasteiger partial charge in [-0.3, -0.25) is 14.4 Å². The number of Topliss-reactive ketones (excluding diaryl/α,β-unsaturated/α-hetero) is 1. The number of phenolic OH excluding ortho intramolecular Hbond substituents is 1. The van der Waals surface area contributed by atoms with Crippen molar-refractivity contribution < 1.29 is 38.1 Å². The SMILES string of the molecule is COc1ccc([C@H]2CC(=O)Oc3c(C(C)=O)c(O)c4c(C)cc(=O)oc4c32)cc1OCC(N)=O. The molecule has 0 unspecified atom stereocenters. The van der Waals surface area contributed by atoms with Gasteiger partial charge in [0.25, 0.3) is 5.91 Å². The van der Waals surface area contributed by atoms with Crippen LogP contribution < -0.4 is 25.6 Å². The molecular formula is C24H21NO9. The fourth-order valence-electron chi connectivity index (χ4n) is 4.19. The van der Waals surface area contributed by atoms with Gasteiger partial charge in [-0.05, 0) is 37.1 Å². The molecule has 4 rings (SSSR count). The van der Waals surface area contributed by atoms with Crippen molar-refractivity contribution in [2.45, 2.75) is 26.2 Å². The minimum absolute atomic E-state index is 0.00965. The normalized spacial score (nSPS) is 14.9. The lowest BCUT2D eigenvalue weighted by molar-refractivity contribution is -0.135. The van der Waals surface area contributed by atoms with Gasteiger partial charge in [0, 0.05) is 17.5 Å². The van der Waals surface area contributed by atoms with Crippen LogP contribution in [0, 0.1) is 6.92 Å². The van der Waals surface area contributed by atoms with Crippen LogP contribution in [0.2, 0.25) is 0 Å². The quantitative estimate of drug-likeness (QED) is 0.240. The first-order chi connectivity index (χ1) is 16.1. The van der Waals surface area contributed by atoms with Gasteiger partial charge in [-0.25, -0.2) is 4.79 Å². The number of amides is 1. The predicted molar refractivity (Wildman–Crippen MR) is 119 cm³/mol. The highest BCUT2D eigenvalue weighted by atomic mass is 16.5. The van der Waals surface area contributed by atoms with Gasteiger partial charge in [0.1, 0.15) is 16.9 Å². The minimum Gasteiger partial charge on any atom is -0.506 e. The molecule has 0 saturated heterocycles. The van der Waals surface area contributed by atoms with E-state index in [1.54, 1.807) is 25.1 Å². The third kappa shape index (κ3) is 3.83. The molecule has 1 aliphatic heterocycles. The van der Waals surface area contributed by atoms with Gasteiger partial charge in [-0.15, -0.1) is 0 Å². The van der Waals surface area contributed by atoms with Crippen molar-refractivity contribution in [3.05, 3.63) is 56.9 Å². The summed E-state index contributed by atoms with van der Waals surface area (Å²) in [6.07, 6.45) is -0.149. The number of carbonyl (C=O) groups excluding carboxylic acids is 3. The van der Waals surface area contributed by atoms with Gasteiger partial charge in [0.05, 0.1) is 18.9 Å². The van der Waals surface area contributed by atoms with Gasteiger partial charge in [0.15, 0.2) is 29.6 Å². The molecule has 1 amide bonds. The number of carbonyl (C=O) groups is 3. The second-order valence-electron chi connectivity index (χ2n) is 7.87. The number of aromatic hydroxyl groups is 1. The smallest absolute Gasteiger partial charge is 0.336 e. The van der Waals surface area contributed by atoms with Gasteiger partial charge in [-0.1, -0.05) is 6.07 Å². The number of ketones is 1. The molecule has 176 valence electrons. The lowest BCUT2D eigenvalue weighted by Gasteiger charge is -2.28. The molecule has 0 saturated carbocycles. The maximum atomic E-state index is 12.6. The Labute approximate surface area is 192 Å². The van der Waals surface area contributed by atoms with Gasteiger partial charge >= 0.3 is 11.6 Å². The molecule has 1 aliphatic rings. The number of primary amides is 1. The number of methoxy groups -OCH3 is 1. The Morgan fingerprint density at radius 1 is 1.21 bits per heavy atom. The molecule has 10 heteroatoms. The van der Waals surface area contributed by atoms with Crippen LogP contribution in [0.5, 0.6) is 23.0 Å². The highest BCUT2D eigenvalue weighted by Crippen LogP contribution is 2.50. The van der Waals surface area contributed by atoms with Crippen LogP contribution in [-0.4, -0.2) is 36.5 Å². The van der Waals surface area contributed by atoms with Gasteiger partial charge < -0.3 is 29.5 Å². The number of phenols is 1. The van der Waals surface area contributed by atoms with Crippen molar-refractivity contribution in [1.29, 1.82) is 0 Å². The number of hydrogen-bond donors (Lipinski definition) is 2. The molecule has 34 heavy (non-hydrogen) atoms. The Hall–Kier alpha value is -4.34. The van der Waals surface area contributed by atoms with Crippen molar-refractivity contribution in [1.82, 2.24) is 0 Å². The van der Waals surface area contributed by atoms with E-state index in [0.717, 1.165) is 0 Å². The monoisotopic (exact) mass is 467 g/mol. The first-order valence-corrected chi connectivity index (χ1v) is 10.3. The Morgan fingerprint density at radius 3 is 2.59 bits per heavy atom. The highest BCUT2D eigenvalue weighted by molar-refractivity contribution is 6.09. The van der Waals surface area contributed by atoms with Crippen LogP contribution in [0.25, 0.3) is 11.0 Å². The second-order valence-corrected chi connectivity index (χ2v) is 7.87. The average Bonchev–Trinajstić information content (AvgIpc) is 2.76. The number of nitrogens with two attached hydrogens (primary N) is 1. The standard InChI is InChI=1S/C24H21NO9/c1-10-6-17(28)33-23-19(10)22(30)20(11(2)26)24-21(23)13(8-18(29)34-24)12-4-5-14(31-3)15(7-12)32-9-16(25)27/h4-7,13,30H,8-9H2,1-3H3,(H2,25,27)/t13-/m1/s1. The van der Waals surface area contributed by atoms with Crippen molar-refractivity contribution in [3.63, 3.8) is 0 Å². The molecule has 1 atom stereocenters. The summed E-state index contributed by atoms with van der Waals surface area (Å²) in [4.78, 5) is 48.5. The molecule has 2 aromatic carbocycles. The number of aryl methyl sites for hydroxylation is 1. The van der Waals surface area contributed by atoms with E-state index < -0.39 is 41.6 Å². The first-order valence-electron chi connectivity index (χ1n) is 10.3. The van der Waals surface area contributed by atoms with Crippen molar-refractivity contribution >= 4 is 28.6 Å². The van der Waals surface area contributed by atoms with E-state index in [2.05, 4.69) is 0 Å². The minimum atomic E-state index is -0.732. The largest absolute Gasteiger partial charge is 0.506 e. The Morgan fingerprint density at radius 2 is 1.94 bits per heavy atom. The van der Waals surface area contributed by atoms with E-state index in [-0.39, 0.29) is 40.0 Å². The van der Waals surface area contributed by atoms with Crippen LogP contribution in [0.3, 0.4) is 0 Å². The molecular weight excluding hydrogens is 446 g/mol. The Kier molecular flexibility index (Phi) is 5.74. The van der Waals surface area contributed by atoms with Crippen molar-refractivity contribution in [3.8, 4) is 23.0 Å². The van der Waals surface area contributed by atoms with E-state index in [0.29, 0.717) is 16.9 Å². The fourth-order valence-corrected chi connectivity index (χ4v) is 4.19. The summed E-state index contributed by atoms with van der Waals surface area (Å²) < 4.78 is 21.6. The molecule has 0 aliphatic carbocycles. The Balaban J connectivity index is 2.04. The number of benzene rings is 2. The lowest BCUT2D eigenvalue weighted by atomic mass is 9.82. The maximum absolute atomic E-state index is 12.6. The van der Waals surface area contributed by atoms with Crippen LogP contribution in [0.15, 0.2) is 33.5 Å². The van der Waals surface area contributed by atoms with E-state index in [9.17, 15) is 24.3 Å². The van der Waals surface area contributed by atoms with Crippen LogP contribution in [-0.2, 0) is 9.59 Å². The summed E-state index contributed by atoms with van der Waals surface area (Å²) in [5.41, 5.74) is 5.53. The summed E-state index contributed by atoms with van der Waals surface area (Å²) in [6.45, 7) is 2.43. The molecule has 2 heterocycles. The summed E-state index contributed by atoms with van der Waals surface area (Å²) >= 11 is 0. The molecule has 3 aromatic rings. The van der Waals surface area contributed by atoms with Crippen molar-refractivity contribution in [2.24, 2.45) is 5.73 Å².